The molecule has 0 aliphatic carbocycles. The first-order chi connectivity index (χ1) is 7.10. The number of rotatable bonds is 3. The van der Waals surface area contributed by atoms with Crippen LogP contribution >= 0.6 is 0 Å². The van der Waals surface area contributed by atoms with Crippen LogP contribution in [0.4, 0.5) is 0 Å². The van der Waals surface area contributed by atoms with Crippen molar-refractivity contribution < 1.29 is 13.9 Å². The monoisotopic (exact) mass is 209 g/mol. The molecule has 0 fully saturated rings. The second-order valence-corrected chi connectivity index (χ2v) is 3.40. The molecule has 0 radical (unpaired) electrons. The van der Waals surface area contributed by atoms with Gasteiger partial charge in [0, 0.05) is 0 Å². The summed E-state index contributed by atoms with van der Waals surface area (Å²) in [4.78, 5) is 11.5. The molecule has 3 nitrogen and oxygen atoms in total. The molecule has 0 aromatic carbocycles. The quantitative estimate of drug-likeness (QED) is 0.567. The van der Waals surface area contributed by atoms with E-state index in [1.54, 1.807) is 13.8 Å². The van der Waals surface area contributed by atoms with Crippen LogP contribution < -0.4 is 0 Å². The van der Waals surface area contributed by atoms with Crippen molar-refractivity contribution >= 4 is 5.97 Å². The Morgan fingerprint density at radius 1 is 1.40 bits per heavy atom. The van der Waals surface area contributed by atoms with Crippen LogP contribution in [0.15, 0.2) is 10.5 Å². The van der Waals surface area contributed by atoms with E-state index >= 15 is 0 Å². The zero-order chi connectivity index (χ0) is 11.4. The molecule has 0 aliphatic rings. The van der Waals surface area contributed by atoms with Gasteiger partial charge in [0.2, 0.25) is 0 Å². The van der Waals surface area contributed by atoms with Gasteiger partial charge in [-0.05, 0) is 19.9 Å². The lowest BCUT2D eigenvalue weighted by molar-refractivity contribution is 0.0521. The highest BCUT2D eigenvalue weighted by molar-refractivity contribution is 5.90. The molecule has 0 N–H and O–H groups in total. The Bertz CT molecular complexity index is 369. The highest BCUT2D eigenvalue weighted by Crippen LogP contribution is 2.17. The molecular formula is C12H17O3+. The average Bonchev–Trinajstić information content (AvgIpc) is 2.21. The van der Waals surface area contributed by atoms with Crippen LogP contribution in [-0.4, -0.2) is 12.6 Å². The molecule has 0 unspecified atom stereocenters. The molecule has 0 atom stereocenters. The Morgan fingerprint density at radius 2 is 2.07 bits per heavy atom. The molecule has 1 aromatic heterocycles. The fourth-order valence-electron chi connectivity index (χ4n) is 1.48. The summed E-state index contributed by atoms with van der Waals surface area (Å²) in [7, 11) is 0. The van der Waals surface area contributed by atoms with Gasteiger partial charge in [-0.15, -0.1) is 0 Å². The molecule has 15 heavy (non-hydrogen) atoms. The van der Waals surface area contributed by atoms with Gasteiger partial charge in [0.1, 0.15) is 0 Å². The lowest BCUT2D eigenvalue weighted by atomic mass is 10.1. The summed E-state index contributed by atoms with van der Waals surface area (Å²) >= 11 is 0. The summed E-state index contributed by atoms with van der Waals surface area (Å²) in [6, 6.07) is 1.83. The fraction of sp³-hybridized carbons (Fsp3) is 0.500. The molecule has 1 heterocycles. The predicted octanol–water partition coefficient (Wildman–Crippen LogP) is 2.92. The molecule has 0 amide bonds. The van der Waals surface area contributed by atoms with Crippen LogP contribution in [0.3, 0.4) is 0 Å². The summed E-state index contributed by atoms with van der Waals surface area (Å²) in [6.45, 7) is 7.91. The normalized spacial score (nSPS) is 10.1. The maximum absolute atomic E-state index is 11.5. The van der Waals surface area contributed by atoms with E-state index in [1.807, 2.05) is 19.9 Å². The van der Waals surface area contributed by atoms with Gasteiger partial charge in [0.25, 0.3) is 0 Å². The van der Waals surface area contributed by atoms with E-state index < -0.39 is 0 Å². The first kappa shape index (κ1) is 11.7. The van der Waals surface area contributed by atoms with Crippen LogP contribution in [0.2, 0.25) is 0 Å². The second-order valence-electron chi connectivity index (χ2n) is 3.40. The molecular weight excluding hydrogens is 192 g/mol. The third-order valence-corrected chi connectivity index (χ3v) is 2.27. The molecule has 0 saturated heterocycles. The molecule has 0 bridgehead atoms. The highest BCUT2D eigenvalue weighted by Gasteiger charge is 2.23. The molecule has 3 heteroatoms. The van der Waals surface area contributed by atoms with Crippen molar-refractivity contribution in [2.45, 2.75) is 34.1 Å². The van der Waals surface area contributed by atoms with Crippen molar-refractivity contribution in [3.8, 4) is 0 Å². The van der Waals surface area contributed by atoms with Gasteiger partial charge in [-0.25, -0.2) is 9.21 Å². The van der Waals surface area contributed by atoms with Gasteiger partial charge < -0.3 is 4.74 Å². The number of aryl methyl sites for hydroxylation is 3. The minimum absolute atomic E-state index is 0.315. The van der Waals surface area contributed by atoms with Gasteiger partial charge in [0.05, 0.1) is 25.5 Å². The van der Waals surface area contributed by atoms with Gasteiger partial charge in [-0.3, -0.25) is 0 Å². The third-order valence-electron chi connectivity index (χ3n) is 2.27. The van der Waals surface area contributed by atoms with E-state index in [0.717, 1.165) is 17.7 Å². The first-order valence-corrected chi connectivity index (χ1v) is 5.20. The smallest absolute Gasteiger partial charge is 0.347 e. The van der Waals surface area contributed by atoms with Crippen molar-refractivity contribution in [2.75, 3.05) is 6.61 Å². The Balaban J connectivity index is 3.10. The number of hydrogen-bond acceptors (Lipinski definition) is 2. The maximum atomic E-state index is 11.5. The van der Waals surface area contributed by atoms with E-state index in [2.05, 4.69) is 0 Å². The zero-order valence-corrected chi connectivity index (χ0v) is 9.72. The summed E-state index contributed by atoms with van der Waals surface area (Å²) in [5.74, 6) is 1.22. The van der Waals surface area contributed by atoms with Crippen molar-refractivity contribution in [2.24, 2.45) is 0 Å². The van der Waals surface area contributed by atoms with E-state index in [0.29, 0.717) is 17.9 Å². The van der Waals surface area contributed by atoms with Crippen LogP contribution in [0.25, 0.3) is 0 Å². The van der Waals surface area contributed by atoms with Crippen molar-refractivity contribution in [3.63, 3.8) is 0 Å². The minimum Gasteiger partial charge on any atom is -0.462 e. The van der Waals surface area contributed by atoms with Crippen LogP contribution in [-0.2, 0) is 11.2 Å². The van der Waals surface area contributed by atoms with Gasteiger partial charge in [-0.1, -0.05) is 6.92 Å². The molecule has 0 aliphatic heterocycles. The molecule has 0 spiro atoms. The van der Waals surface area contributed by atoms with E-state index in [4.69, 9.17) is 9.15 Å². The van der Waals surface area contributed by atoms with E-state index in [-0.39, 0.29) is 5.97 Å². The molecule has 82 valence electrons. The lowest BCUT2D eigenvalue weighted by Gasteiger charge is -2.01. The second kappa shape index (κ2) is 4.91. The van der Waals surface area contributed by atoms with Crippen molar-refractivity contribution in [3.05, 3.63) is 28.7 Å². The Hall–Kier alpha value is -1.38. The highest BCUT2D eigenvalue weighted by atomic mass is 16.5. The maximum Gasteiger partial charge on any atom is 0.347 e. The summed E-state index contributed by atoms with van der Waals surface area (Å²) < 4.78 is 10.5. The summed E-state index contributed by atoms with van der Waals surface area (Å²) in [5.41, 5.74) is 1.51. The number of carbonyl (C=O) groups excluding carboxylic acids is 1. The van der Waals surface area contributed by atoms with Crippen molar-refractivity contribution in [1.82, 2.24) is 0 Å². The zero-order valence-electron chi connectivity index (χ0n) is 9.72. The minimum atomic E-state index is -0.315. The Kier molecular flexibility index (Phi) is 3.83. The van der Waals surface area contributed by atoms with Crippen LogP contribution in [0.5, 0.6) is 0 Å². The van der Waals surface area contributed by atoms with Crippen molar-refractivity contribution in [1.29, 1.82) is 0 Å². The lowest BCUT2D eigenvalue weighted by Crippen LogP contribution is -2.08. The largest absolute Gasteiger partial charge is 0.462 e. The summed E-state index contributed by atoms with van der Waals surface area (Å²) in [6.07, 6.45) is 0.829. The number of ether oxygens (including phenoxy) is 1. The van der Waals surface area contributed by atoms with Crippen LogP contribution in [0.1, 0.15) is 41.3 Å². The average molecular weight is 209 g/mol. The number of carbonyl (C=O) groups is 1. The number of hydrogen-bond donors (Lipinski definition) is 0. The first-order valence-electron chi connectivity index (χ1n) is 5.20. The summed E-state index contributed by atoms with van der Waals surface area (Å²) in [5, 5.41) is 0. The van der Waals surface area contributed by atoms with Gasteiger partial charge in [-0.2, -0.15) is 0 Å². The third kappa shape index (κ3) is 2.55. The van der Waals surface area contributed by atoms with E-state index in [9.17, 15) is 4.79 Å². The van der Waals surface area contributed by atoms with E-state index in [1.165, 1.54) is 0 Å². The number of esters is 1. The Labute approximate surface area is 90.1 Å². The fourth-order valence-corrected chi connectivity index (χ4v) is 1.48. The van der Waals surface area contributed by atoms with Gasteiger partial charge in [0.15, 0.2) is 5.56 Å². The van der Waals surface area contributed by atoms with Crippen LogP contribution in [0, 0.1) is 13.8 Å². The Morgan fingerprint density at radius 3 is 2.60 bits per heavy atom. The SMILES string of the molecule is CCOC(=O)c1cc(C)c(CC)[o+]c1C. The molecule has 1 aromatic rings. The van der Waals surface area contributed by atoms with Gasteiger partial charge >= 0.3 is 17.5 Å². The molecule has 1 rings (SSSR count). The topological polar surface area (TPSA) is 37.6 Å². The standard InChI is InChI=1S/C12H17O3/c1-5-11-8(3)7-10(9(4)15-11)12(13)14-6-2/h7H,5-6H2,1-4H3/q+1. The predicted molar refractivity (Wildman–Crippen MR) is 57.9 cm³/mol. The molecule has 0 saturated carbocycles.